The normalized spacial score (nSPS) is 25.2. The summed E-state index contributed by atoms with van der Waals surface area (Å²) in [7, 11) is -4.64. The van der Waals surface area contributed by atoms with Crippen molar-refractivity contribution in [2.45, 2.75) is 132 Å². The lowest BCUT2D eigenvalue weighted by molar-refractivity contribution is -0.384. The van der Waals surface area contributed by atoms with Crippen molar-refractivity contribution < 1.29 is 42.2 Å². The molecule has 3 aromatic carbocycles. The summed E-state index contributed by atoms with van der Waals surface area (Å²) in [6, 6.07) is 24.4. The number of nitro groups is 1. The van der Waals surface area contributed by atoms with Gasteiger partial charge in [0.15, 0.2) is 5.75 Å². The van der Waals surface area contributed by atoms with Crippen LogP contribution in [0.4, 0.5) is 28.4 Å². The summed E-state index contributed by atoms with van der Waals surface area (Å²) in [4.78, 5) is 48.6. The van der Waals surface area contributed by atoms with Gasteiger partial charge in [0.25, 0.3) is 27.5 Å². The molecule has 20 nitrogen and oxygen atoms in total. The van der Waals surface area contributed by atoms with E-state index in [0.29, 0.717) is 80.5 Å². The number of aliphatic hydroxyl groups is 1. The number of aromatic amines is 1. The van der Waals surface area contributed by atoms with Gasteiger partial charge in [-0.3, -0.25) is 24.7 Å². The number of nitrogens with zero attached hydrogens (tertiary/aromatic N) is 7. The number of pyridine rings is 2. The van der Waals surface area contributed by atoms with E-state index in [0.717, 1.165) is 106 Å². The Balaban J connectivity index is 0.746. The summed E-state index contributed by atoms with van der Waals surface area (Å²) >= 11 is 0. The van der Waals surface area contributed by atoms with Crippen molar-refractivity contribution in [1.29, 1.82) is 0 Å². The molecule has 5 fully saturated rings. The van der Waals surface area contributed by atoms with Gasteiger partial charge in [-0.2, -0.15) is 4.98 Å². The largest absolute Gasteiger partial charge is 0.483 e. The monoisotopic (exact) mass is 1150 g/mol. The van der Waals surface area contributed by atoms with Crippen molar-refractivity contribution in [3.05, 3.63) is 124 Å². The van der Waals surface area contributed by atoms with E-state index in [1.165, 1.54) is 23.3 Å². The highest BCUT2D eigenvalue weighted by molar-refractivity contribution is 7.90. The number of hydrogen-bond acceptors (Lipinski definition) is 17. The van der Waals surface area contributed by atoms with Crippen LogP contribution in [0.15, 0.2) is 96.2 Å². The molecule has 0 bridgehead atoms. The van der Waals surface area contributed by atoms with Crippen LogP contribution in [0, 0.1) is 28.4 Å². The highest BCUT2D eigenvalue weighted by Gasteiger charge is 2.51. The number of H-pyrrole nitrogens is 1. The smallest absolute Gasteiger partial charge is 0.293 e. The van der Waals surface area contributed by atoms with Gasteiger partial charge < -0.3 is 44.2 Å². The number of hydrogen-bond donors (Lipinski definition) is 4. The highest BCUT2D eigenvalue weighted by atomic mass is 32.2. The Morgan fingerprint density at radius 2 is 1.73 bits per heavy atom. The zero-order chi connectivity index (χ0) is 57.4. The van der Waals surface area contributed by atoms with Gasteiger partial charge in [0.2, 0.25) is 5.88 Å². The molecule has 83 heavy (non-hydrogen) atoms. The number of fused-ring (bicyclic) bond motifs is 4. The number of aromatic nitrogens is 3. The number of aryl methyl sites for hydroxylation is 1. The zero-order valence-corrected chi connectivity index (χ0v) is 48.5. The third-order valence-corrected chi connectivity index (χ3v) is 20.2. The lowest BCUT2D eigenvalue weighted by Crippen LogP contribution is -2.60. The van der Waals surface area contributed by atoms with Crippen LogP contribution in [0.5, 0.6) is 17.5 Å². The predicted molar refractivity (Wildman–Crippen MR) is 314 cm³/mol. The highest BCUT2D eigenvalue weighted by Crippen LogP contribution is 2.54. The summed E-state index contributed by atoms with van der Waals surface area (Å²) < 4.78 is 55.9. The number of rotatable bonds is 13. The van der Waals surface area contributed by atoms with Crippen molar-refractivity contribution in [3.8, 4) is 17.5 Å². The third kappa shape index (κ3) is 10.9. The standard InChI is InChI=1S/C62H74N10O10S/c1-39-7-5-6-8-46(39)53-36-68(35-42-16-23-64-59-55(42)80-38-60(2,3)82-59)26-27-70(53)44-32-62(33-44)20-24-69(25-21-62)43-9-11-47(50(30-43)71-49-17-28-79-37-54(49)81-58-52(71)29-41-15-22-63-56(41)66-58)57(73)67-83(77,78)45-10-12-48(51(31-45)72(75)76)65-34-40-13-18-61(4,74)19-14-40/h5-12,15-16,22-23,29-31,40,44,49,53-54,65,74H,13-14,17-21,24-28,32-38H2,1-4H3,(H,63,66)(H,67,73)/t40?,49-,53-,54-,61?/m0/s1. The van der Waals surface area contributed by atoms with Crippen molar-refractivity contribution in [3.63, 3.8) is 0 Å². The fraction of sp³-hybridized carbons (Fsp3) is 0.500. The summed E-state index contributed by atoms with van der Waals surface area (Å²) in [5.74, 6) is 0.974. The summed E-state index contributed by atoms with van der Waals surface area (Å²) in [6.07, 6.45) is 10.8. The quantitative estimate of drug-likeness (QED) is 0.0624. The molecule has 0 radical (unpaired) electrons. The Bertz CT molecular complexity index is 3570. The first kappa shape index (κ1) is 55.2. The van der Waals surface area contributed by atoms with Crippen LogP contribution in [0.1, 0.15) is 112 Å². The first-order valence-corrected chi connectivity index (χ1v) is 30.9. The molecule has 1 spiro atoms. The molecule has 3 saturated heterocycles. The van der Waals surface area contributed by atoms with E-state index in [2.05, 4.69) is 76.9 Å². The molecule has 438 valence electrons. The molecule has 2 aliphatic carbocycles. The SMILES string of the molecule is Cc1ccccc1[C@@H]1CN(Cc2ccnc3c2OCC(C)(C)O3)CCN1C1CC2(CCN(c3ccc(C(=O)NS(=O)(=O)c4ccc(NCC5CCC(C)(O)CC5)c([N+](=O)[O-])c4)c(N4c5cc6cc[nH]c6nc5O[C@H]5COCC[C@@H]54)c3)CC2)C1. The second-order valence-corrected chi connectivity index (χ2v) is 26.9. The summed E-state index contributed by atoms with van der Waals surface area (Å²) in [5.41, 5.74) is 5.32. The minimum Gasteiger partial charge on any atom is -0.483 e. The molecule has 3 atom stereocenters. The van der Waals surface area contributed by atoms with Crippen LogP contribution in [0.3, 0.4) is 0 Å². The molecular weight excluding hydrogens is 1080 g/mol. The number of amides is 1. The molecule has 4 N–H and O–H groups in total. The molecule has 3 aromatic heterocycles. The van der Waals surface area contributed by atoms with Gasteiger partial charge in [0, 0.05) is 99.6 Å². The first-order valence-electron chi connectivity index (χ1n) is 29.4. The molecule has 21 heteroatoms. The number of piperidine rings is 1. The fourth-order valence-corrected chi connectivity index (χ4v) is 15.1. The van der Waals surface area contributed by atoms with Crippen molar-refractivity contribution >= 4 is 55.4 Å². The molecule has 0 unspecified atom stereocenters. The number of nitro benzene ring substituents is 1. The number of anilines is 4. The molecule has 2 saturated carbocycles. The maximum Gasteiger partial charge on any atom is 0.293 e. The fourth-order valence-electron chi connectivity index (χ4n) is 14.1. The lowest BCUT2D eigenvalue weighted by atomic mass is 9.59. The Hall–Kier alpha value is -7.04. The molecule has 5 aliphatic heterocycles. The summed E-state index contributed by atoms with van der Waals surface area (Å²) in [6.45, 7) is 14.8. The number of sulfonamides is 1. The Labute approximate surface area is 484 Å². The number of benzene rings is 3. The van der Waals surface area contributed by atoms with Crippen molar-refractivity contribution in [2.24, 2.45) is 11.3 Å². The van der Waals surface area contributed by atoms with E-state index in [1.54, 1.807) is 6.07 Å². The molecular formula is C62H74N10O10S. The van der Waals surface area contributed by atoms with Crippen molar-refractivity contribution in [1.82, 2.24) is 29.5 Å². The predicted octanol–water partition coefficient (Wildman–Crippen LogP) is 9.19. The molecule has 7 aliphatic rings. The zero-order valence-electron chi connectivity index (χ0n) is 47.6. The van der Waals surface area contributed by atoms with Gasteiger partial charge in [-0.25, -0.2) is 18.1 Å². The van der Waals surface area contributed by atoms with Crippen LogP contribution >= 0.6 is 0 Å². The number of nitrogens with one attached hydrogen (secondary N) is 3. The molecule has 13 rings (SSSR count). The average molecular weight is 1150 g/mol. The third-order valence-electron chi connectivity index (χ3n) is 18.9. The van der Waals surface area contributed by atoms with Gasteiger partial charge in [-0.15, -0.1) is 0 Å². The molecule has 6 aromatic rings. The Morgan fingerprint density at radius 3 is 2.53 bits per heavy atom. The van der Waals surface area contributed by atoms with Gasteiger partial charge in [0.1, 0.15) is 35.3 Å². The van der Waals surface area contributed by atoms with E-state index >= 15 is 0 Å². The van der Waals surface area contributed by atoms with Crippen LogP contribution in [-0.4, -0.2) is 138 Å². The van der Waals surface area contributed by atoms with Crippen LogP contribution < -0.4 is 34.0 Å². The van der Waals surface area contributed by atoms with Gasteiger partial charge in [0.05, 0.1) is 39.3 Å². The van der Waals surface area contributed by atoms with E-state index in [-0.39, 0.29) is 34.7 Å². The van der Waals surface area contributed by atoms with Gasteiger partial charge in [-0.05, 0) is 156 Å². The van der Waals surface area contributed by atoms with E-state index in [4.69, 9.17) is 23.9 Å². The second-order valence-electron chi connectivity index (χ2n) is 25.2. The van der Waals surface area contributed by atoms with Crippen LogP contribution in [-0.2, 0) is 21.3 Å². The minimum absolute atomic E-state index is 0.106. The van der Waals surface area contributed by atoms with Gasteiger partial charge >= 0.3 is 0 Å². The van der Waals surface area contributed by atoms with E-state index in [1.807, 2.05) is 57.4 Å². The van der Waals surface area contributed by atoms with Gasteiger partial charge in [-0.1, -0.05) is 24.3 Å². The maximum atomic E-state index is 14.8. The van der Waals surface area contributed by atoms with E-state index < -0.39 is 48.7 Å². The number of piperazine rings is 1. The average Bonchev–Trinajstić information content (AvgIpc) is 2.47. The number of ether oxygens (including phenoxy) is 4. The van der Waals surface area contributed by atoms with Crippen LogP contribution in [0.25, 0.3) is 11.0 Å². The van der Waals surface area contributed by atoms with Crippen LogP contribution in [0.2, 0.25) is 0 Å². The molecule has 8 heterocycles. The maximum absolute atomic E-state index is 14.8. The number of carbonyl (C=O) groups is 1. The first-order chi connectivity index (χ1) is 39.9. The second kappa shape index (κ2) is 21.5. The molecule has 1 amide bonds. The lowest BCUT2D eigenvalue weighted by Gasteiger charge is -2.58. The Kier molecular flexibility index (Phi) is 14.3. The van der Waals surface area contributed by atoms with Crippen molar-refractivity contribution in [2.75, 3.05) is 74.2 Å². The van der Waals surface area contributed by atoms with E-state index in [9.17, 15) is 28.4 Å². The Morgan fingerprint density at radius 1 is 0.928 bits per heavy atom. The minimum atomic E-state index is -4.64. The number of carbonyl (C=O) groups excluding carboxylic acids is 1. The summed E-state index contributed by atoms with van der Waals surface area (Å²) in [5, 5.41) is 26.9. The topological polar surface area (TPSA) is 230 Å².